The van der Waals surface area contributed by atoms with Crippen molar-refractivity contribution in [3.05, 3.63) is 17.7 Å². The van der Waals surface area contributed by atoms with Crippen molar-refractivity contribution < 1.29 is 23.7 Å². The Morgan fingerprint density at radius 3 is 2.48 bits per heavy atom. The van der Waals surface area contributed by atoms with E-state index in [2.05, 4.69) is 4.90 Å². The number of carbonyl (C=O) groups excluding carboxylic acids is 1. The molecule has 7 nitrogen and oxygen atoms in total. The number of piperidine rings is 1. The highest BCUT2D eigenvalue weighted by molar-refractivity contribution is 5.70. The van der Waals surface area contributed by atoms with Gasteiger partial charge in [0.05, 0.1) is 27.9 Å². The summed E-state index contributed by atoms with van der Waals surface area (Å²) in [7, 11) is 6.63. The number of rotatable bonds is 5. The number of methoxy groups -OCH3 is 3. The van der Waals surface area contributed by atoms with E-state index in [1.54, 1.807) is 33.3 Å². The lowest BCUT2D eigenvalue weighted by Crippen LogP contribution is -2.50. The van der Waals surface area contributed by atoms with Crippen LogP contribution in [0.15, 0.2) is 12.1 Å². The summed E-state index contributed by atoms with van der Waals surface area (Å²) in [5.41, 5.74) is 0.628. The van der Waals surface area contributed by atoms with E-state index in [4.69, 9.17) is 18.9 Å². The van der Waals surface area contributed by atoms with Crippen LogP contribution in [0.5, 0.6) is 17.2 Å². The summed E-state index contributed by atoms with van der Waals surface area (Å²) in [6.45, 7) is 3.03. The number of hydrogen-bond donors (Lipinski definition) is 0. The molecular weight excluding hydrogens is 324 g/mol. The SMILES string of the molecule is COc1ccc(CN2CCC[C@]3(C2)CN(C)C(=O)O3)c(OC)c1OC. The van der Waals surface area contributed by atoms with Crippen LogP contribution in [-0.2, 0) is 11.3 Å². The molecule has 0 aliphatic carbocycles. The number of amides is 1. The Bertz CT molecular complexity index is 651. The third-order valence-corrected chi connectivity index (χ3v) is 4.94. The molecule has 2 saturated heterocycles. The van der Waals surface area contributed by atoms with Crippen molar-refractivity contribution in [3.63, 3.8) is 0 Å². The highest BCUT2D eigenvalue weighted by Gasteiger charge is 2.46. The number of nitrogens with zero attached hydrogens (tertiary/aromatic N) is 2. The van der Waals surface area contributed by atoms with Gasteiger partial charge in [0.15, 0.2) is 11.5 Å². The van der Waals surface area contributed by atoms with Crippen molar-refractivity contribution in [2.24, 2.45) is 0 Å². The summed E-state index contributed by atoms with van der Waals surface area (Å²) in [5, 5.41) is 0. The Kier molecular flexibility index (Phi) is 4.94. The monoisotopic (exact) mass is 350 g/mol. The maximum absolute atomic E-state index is 11.8. The molecule has 0 radical (unpaired) electrons. The fourth-order valence-electron chi connectivity index (χ4n) is 3.86. The normalized spacial score (nSPS) is 23.7. The lowest BCUT2D eigenvalue weighted by Gasteiger charge is -2.38. The van der Waals surface area contributed by atoms with E-state index in [0.717, 1.165) is 31.5 Å². The Balaban J connectivity index is 1.79. The molecular formula is C18H26N2O5. The Morgan fingerprint density at radius 1 is 1.12 bits per heavy atom. The molecule has 1 amide bonds. The quantitative estimate of drug-likeness (QED) is 0.811. The van der Waals surface area contributed by atoms with Gasteiger partial charge in [0.25, 0.3) is 0 Å². The van der Waals surface area contributed by atoms with Gasteiger partial charge in [-0.25, -0.2) is 4.79 Å². The van der Waals surface area contributed by atoms with Gasteiger partial charge in [-0.05, 0) is 25.5 Å². The van der Waals surface area contributed by atoms with Crippen molar-refractivity contribution >= 4 is 6.09 Å². The molecule has 2 fully saturated rings. The summed E-state index contributed by atoms with van der Waals surface area (Å²) in [4.78, 5) is 15.8. The molecule has 3 rings (SSSR count). The molecule has 1 atom stereocenters. The fraction of sp³-hybridized carbons (Fsp3) is 0.611. The number of carbonyl (C=O) groups is 1. The standard InChI is InChI=1S/C18H26N2O5/c1-19-11-18(25-17(19)21)8-5-9-20(12-18)10-13-6-7-14(22-2)16(24-4)15(13)23-3/h6-7H,5,8-12H2,1-4H3/t18-/m1/s1. The summed E-state index contributed by atoms with van der Waals surface area (Å²) >= 11 is 0. The van der Waals surface area contributed by atoms with Gasteiger partial charge in [-0.2, -0.15) is 0 Å². The molecule has 138 valence electrons. The second-order valence-electron chi connectivity index (χ2n) is 6.71. The molecule has 2 aliphatic heterocycles. The van der Waals surface area contributed by atoms with Crippen molar-refractivity contribution in [2.45, 2.75) is 25.0 Å². The largest absolute Gasteiger partial charge is 0.493 e. The third-order valence-electron chi connectivity index (χ3n) is 4.94. The van der Waals surface area contributed by atoms with E-state index in [-0.39, 0.29) is 6.09 Å². The molecule has 0 saturated carbocycles. The predicted octanol–water partition coefficient (Wildman–Crippen LogP) is 2.13. The summed E-state index contributed by atoms with van der Waals surface area (Å²) in [5.74, 6) is 1.92. The molecule has 2 heterocycles. The van der Waals surface area contributed by atoms with Gasteiger partial charge in [0, 0.05) is 25.7 Å². The number of benzene rings is 1. The molecule has 2 aliphatic rings. The van der Waals surface area contributed by atoms with Gasteiger partial charge in [-0.1, -0.05) is 6.07 Å². The molecule has 7 heteroatoms. The van der Waals surface area contributed by atoms with Gasteiger partial charge in [-0.3, -0.25) is 4.90 Å². The highest BCUT2D eigenvalue weighted by Crippen LogP contribution is 2.41. The second-order valence-corrected chi connectivity index (χ2v) is 6.71. The Morgan fingerprint density at radius 2 is 1.88 bits per heavy atom. The van der Waals surface area contributed by atoms with Crippen molar-refractivity contribution in [3.8, 4) is 17.2 Å². The van der Waals surface area contributed by atoms with E-state index < -0.39 is 5.60 Å². The number of hydrogen-bond acceptors (Lipinski definition) is 6. The predicted molar refractivity (Wildman–Crippen MR) is 92.5 cm³/mol. The average molecular weight is 350 g/mol. The van der Waals surface area contributed by atoms with Gasteiger partial charge in [0.1, 0.15) is 5.60 Å². The van der Waals surface area contributed by atoms with Crippen molar-refractivity contribution in [1.82, 2.24) is 9.80 Å². The zero-order valence-electron chi connectivity index (χ0n) is 15.3. The molecule has 0 unspecified atom stereocenters. The van der Waals surface area contributed by atoms with E-state index >= 15 is 0 Å². The number of likely N-dealkylation sites (tertiary alicyclic amines) is 1. The summed E-state index contributed by atoms with van der Waals surface area (Å²) < 4.78 is 22.1. The molecule has 1 aromatic carbocycles. The first-order valence-electron chi connectivity index (χ1n) is 8.46. The molecule has 25 heavy (non-hydrogen) atoms. The molecule has 1 spiro atoms. The lowest BCUT2D eigenvalue weighted by molar-refractivity contribution is -0.0115. The van der Waals surface area contributed by atoms with Crippen LogP contribution in [0, 0.1) is 0 Å². The van der Waals surface area contributed by atoms with E-state index in [0.29, 0.717) is 30.3 Å². The molecule has 0 aromatic heterocycles. The first-order chi connectivity index (χ1) is 12.0. The highest BCUT2D eigenvalue weighted by atomic mass is 16.6. The summed E-state index contributed by atoms with van der Waals surface area (Å²) in [6, 6.07) is 3.88. The maximum Gasteiger partial charge on any atom is 0.410 e. The second kappa shape index (κ2) is 7.00. The van der Waals surface area contributed by atoms with Crippen LogP contribution in [0.25, 0.3) is 0 Å². The van der Waals surface area contributed by atoms with Crippen LogP contribution in [0.1, 0.15) is 18.4 Å². The van der Waals surface area contributed by atoms with Gasteiger partial charge in [0.2, 0.25) is 5.75 Å². The van der Waals surface area contributed by atoms with E-state index in [9.17, 15) is 4.79 Å². The maximum atomic E-state index is 11.8. The Labute approximate surface area is 148 Å². The first-order valence-corrected chi connectivity index (χ1v) is 8.46. The van der Waals surface area contributed by atoms with Crippen LogP contribution in [0.2, 0.25) is 0 Å². The van der Waals surface area contributed by atoms with Crippen LogP contribution in [0.4, 0.5) is 4.79 Å². The van der Waals surface area contributed by atoms with E-state index in [1.807, 2.05) is 12.1 Å². The zero-order valence-corrected chi connectivity index (χ0v) is 15.3. The van der Waals surface area contributed by atoms with Crippen molar-refractivity contribution in [1.29, 1.82) is 0 Å². The number of ether oxygens (including phenoxy) is 4. The molecule has 0 N–H and O–H groups in total. The smallest absolute Gasteiger partial charge is 0.410 e. The minimum absolute atomic E-state index is 0.231. The van der Waals surface area contributed by atoms with Crippen LogP contribution in [0.3, 0.4) is 0 Å². The third kappa shape index (κ3) is 3.33. The van der Waals surface area contributed by atoms with Crippen LogP contribution >= 0.6 is 0 Å². The number of likely N-dealkylation sites (N-methyl/N-ethyl adjacent to an activating group) is 1. The minimum atomic E-state index is -0.395. The van der Waals surface area contributed by atoms with Crippen LogP contribution in [-0.4, -0.2) is 69.5 Å². The summed E-state index contributed by atoms with van der Waals surface area (Å²) in [6.07, 6.45) is 1.67. The zero-order chi connectivity index (χ0) is 18.0. The first kappa shape index (κ1) is 17.7. The van der Waals surface area contributed by atoms with Gasteiger partial charge < -0.3 is 23.8 Å². The topological polar surface area (TPSA) is 60.5 Å². The van der Waals surface area contributed by atoms with Gasteiger partial charge in [-0.15, -0.1) is 0 Å². The average Bonchev–Trinajstić information content (AvgIpc) is 2.87. The Hall–Kier alpha value is -2.15. The molecule has 1 aromatic rings. The van der Waals surface area contributed by atoms with Crippen LogP contribution < -0.4 is 14.2 Å². The van der Waals surface area contributed by atoms with Gasteiger partial charge >= 0.3 is 6.09 Å². The molecule has 0 bridgehead atoms. The van der Waals surface area contributed by atoms with Crippen molar-refractivity contribution in [2.75, 3.05) is 48.0 Å². The van der Waals surface area contributed by atoms with E-state index in [1.165, 1.54) is 0 Å². The minimum Gasteiger partial charge on any atom is -0.493 e. The fourth-order valence-corrected chi connectivity index (χ4v) is 3.86. The lowest BCUT2D eigenvalue weighted by atomic mass is 9.92.